The second-order valence-electron chi connectivity index (χ2n) is 7.23. The van der Waals surface area contributed by atoms with Crippen molar-refractivity contribution in [3.8, 4) is 0 Å². The lowest BCUT2D eigenvalue weighted by atomic mass is 10.0. The van der Waals surface area contributed by atoms with E-state index >= 15 is 0 Å². The molecule has 0 radical (unpaired) electrons. The van der Waals surface area contributed by atoms with Crippen LogP contribution in [0.1, 0.15) is 42.6 Å². The van der Waals surface area contributed by atoms with Crippen molar-refractivity contribution in [3.05, 3.63) is 68.8 Å². The fraction of sp³-hybridized carbons (Fsp3) is 0.304. The van der Waals surface area contributed by atoms with Gasteiger partial charge in [-0.25, -0.2) is 0 Å². The number of rotatable bonds is 9. The summed E-state index contributed by atoms with van der Waals surface area (Å²) in [4.78, 5) is 23.4. The van der Waals surface area contributed by atoms with Gasteiger partial charge in [-0.05, 0) is 52.5 Å². The van der Waals surface area contributed by atoms with Gasteiger partial charge in [0.2, 0.25) is 5.91 Å². The smallest absolute Gasteiger partial charge is 0.305 e. The SMILES string of the molecule is CCOC(=O)CCC(O)c1cc2c(CC(N)=O)c(Br)n(Cc3ccccc3)c2cc1Cl. The normalized spacial score (nSPS) is 12.1. The highest BCUT2D eigenvalue weighted by atomic mass is 79.9. The van der Waals surface area contributed by atoms with Crippen molar-refractivity contribution >= 4 is 50.3 Å². The molecule has 0 aliphatic rings. The Labute approximate surface area is 194 Å². The zero-order valence-electron chi connectivity index (χ0n) is 17.1. The zero-order valence-corrected chi connectivity index (χ0v) is 19.4. The zero-order chi connectivity index (χ0) is 22.5. The summed E-state index contributed by atoms with van der Waals surface area (Å²) in [5.74, 6) is -0.830. The predicted molar refractivity (Wildman–Crippen MR) is 124 cm³/mol. The number of esters is 1. The molecule has 0 aliphatic carbocycles. The van der Waals surface area contributed by atoms with Crippen LogP contribution in [0.5, 0.6) is 0 Å². The maximum absolute atomic E-state index is 11.7. The van der Waals surface area contributed by atoms with E-state index in [1.807, 2.05) is 34.9 Å². The fourth-order valence-corrected chi connectivity index (χ4v) is 4.54. The van der Waals surface area contributed by atoms with Crippen LogP contribution in [-0.4, -0.2) is 28.2 Å². The van der Waals surface area contributed by atoms with Crippen LogP contribution in [0.15, 0.2) is 47.1 Å². The summed E-state index contributed by atoms with van der Waals surface area (Å²) >= 11 is 10.1. The number of carbonyl (C=O) groups excluding carboxylic acids is 2. The molecule has 1 unspecified atom stereocenters. The van der Waals surface area contributed by atoms with Gasteiger partial charge in [-0.3, -0.25) is 9.59 Å². The van der Waals surface area contributed by atoms with E-state index in [1.165, 1.54) is 0 Å². The van der Waals surface area contributed by atoms with Crippen LogP contribution in [0.2, 0.25) is 5.02 Å². The maximum Gasteiger partial charge on any atom is 0.305 e. The molecule has 3 N–H and O–H groups in total. The number of hydrogen-bond donors (Lipinski definition) is 2. The summed E-state index contributed by atoms with van der Waals surface area (Å²) in [7, 11) is 0. The highest BCUT2D eigenvalue weighted by molar-refractivity contribution is 9.10. The summed E-state index contributed by atoms with van der Waals surface area (Å²) in [5, 5.41) is 11.8. The first-order chi connectivity index (χ1) is 14.8. The standard InChI is InChI=1S/C23H24BrClN2O4/c1-2-31-22(30)9-8-20(28)17-10-15-16(11-21(26)29)23(24)27(19(15)12-18(17)25)13-14-6-4-3-5-7-14/h3-7,10,12,20,28H,2,8-9,11,13H2,1H3,(H2,26,29). The lowest BCUT2D eigenvalue weighted by Gasteiger charge is -2.14. The first kappa shape index (κ1) is 23.3. The van der Waals surface area contributed by atoms with Crippen LogP contribution in [0.3, 0.4) is 0 Å². The number of ether oxygens (including phenoxy) is 1. The van der Waals surface area contributed by atoms with Crippen molar-refractivity contribution in [1.29, 1.82) is 0 Å². The van der Waals surface area contributed by atoms with Gasteiger partial charge < -0.3 is 20.1 Å². The van der Waals surface area contributed by atoms with Gasteiger partial charge in [0, 0.05) is 28.9 Å². The molecule has 6 nitrogen and oxygen atoms in total. The summed E-state index contributed by atoms with van der Waals surface area (Å²) in [6.07, 6.45) is -0.644. The first-order valence-corrected chi connectivity index (χ1v) is 11.1. The second-order valence-corrected chi connectivity index (χ2v) is 8.39. The highest BCUT2D eigenvalue weighted by Gasteiger charge is 2.22. The Balaban J connectivity index is 2.03. The largest absolute Gasteiger partial charge is 0.466 e. The minimum absolute atomic E-state index is 0.0405. The van der Waals surface area contributed by atoms with Crippen LogP contribution in [0.25, 0.3) is 10.9 Å². The number of aliphatic hydroxyl groups is 1. The summed E-state index contributed by atoms with van der Waals surface area (Å²) in [6.45, 7) is 2.59. The van der Waals surface area contributed by atoms with Crippen molar-refractivity contribution in [2.75, 3.05) is 6.61 Å². The molecule has 0 spiro atoms. The maximum atomic E-state index is 11.7. The van der Waals surface area contributed by atoms with E-state index in [0.29, 0.717) is 23.7 Å². The Morgan fingerprint density at radius 2 is 1.97 bits per heavy atom. The molecule has 1 atom stereocenters. The molecule has 1 heterocycles. The predicted octanol–water partition coefficient (Wildman–Crippen LogP) is 4.51. The van der Waals surface area contributed by atoms with E-state index in [1.54, 1.807) is 19.1 Å². The molecule has 0 aliphatic heterocycles. The molecule has 1 amide bonds. The van der Waals surface area contributed by atoms with Gasteiger partial charge in [-0.1, -0.05) is 41.9 Å². The number of aromatic nitrogens is 1. The number of amides is 1. The van der Waals surface area contributed by atoms with Gasteiger partial charge in [-0.15, -0.1) is 0 Å². The average Bonchev–Trinajstić information content (AvgIpc) is 2.97. The van der Waals surface area contributed by atoms with Gasteiger partial charge in [0.1, 0.15) is 0 Å². The van der Waals surface area contributed by atoms with Crippen LogP contribution in [0, 0.1) is 0 Å². The second kappa shape index (κ2) is 10.3. The number of benzene rings is 2. The third-order valence-corrected chi connectivity index (χ3v) is 6.27. The van der Waals surface area contributed by atoms with Crippen LogP contribution in [-0.2, 0) is 27.3 Å². The van der Waals surface area contributed by atoms with Crippen molar-refractivity contribution < 1.29 is 19.4 Å². The monoisotopic (exact) mass is 506 g/mol. The van der Waals surface area contributed by atoms with E-state index in [-0.39, 0.29) is 25.2 Å². The van der Waals surface area contributed by atoms with Crippen molar-refractivity contribution in [1.82, 2.24) is 4.57 Å². The Morgan fingerprint density at radius 3 is 2.61 bits per heavy atom. The van der Waals surface area contributed by atoms with Crippen molar-refractivity contribution in [3.63, 3.8) is 0 Å². The van der Waals surface area contributed by atoms with Crippen molar-refractivity contribution in [2.45, 2.75) is 38.8 Å². The van der Waals surface area contributed by atoms with E-state index in [0.717, 1.165) is 26.6 Å². The van der Waals surface area contributed by atoms with Gasteiger partial charge in [0.25, 0.3) is 0 Å². The van der Waals surface area contributed by atoms with Gasteiger partial charge in [0.05, 0.1) is 29.3 Å². The lowest BCUT2D eigenvalue weighted by Crippen LogP contribution is -2.14. The number of halogens is 2. The Hall–Kier alpha value is -2.35. The molecule has 0 bridgehead atoms. The summed E-state index contributed by atoms with van der Waals surface area (Å²) in [6, 6.07) is 13.5. The molecule has 0 fully saturated rings. The number of hydrogen-bond acceptors (Lipinski definition) is 4. The van der Waals surface area contributed by atoms with Gasteiger partial charge >= 0.3 is 5.97 Å². The summed E-state index contributed by atoms with van der Waals surface area (Å²) in [5.41, 5.74) is 8.61. The number of carbonyl (C=O) groups is 2. The minimum Gasteiger partial charge on any atom is -0.466 e. The third-order valence-electron chi connectivity index (χ3n) is 5.04. The van der Waals surface area contributed by atoms with Crippen LogP contribution < -0.4 is 5.73 Å². The number of aliphatic hydroxyl groups excluding tert-OH is 1. The van der Waals surface area contributed by atoms with E-state index < -0.39 is 12.0 Å². The first-order valence-electron chi connectivity index (χ1n) is 9.97. The molecular weight excluding hydrogens is 484 g/mol. The molecule has 164 valence electrons. The molecule has 3 rings (SSSR count). The molecular formula is C23H24BrClN2O4. The summed E-state index contributed by atoms with van der Waals surface area (Å²) < 4.78 is 7.68. The van der Waals surface area contributed by atoms with E-state index in [4.69, 9.17) is 22.1 Å². The Morgan fingerprint density at radius 1 is 1.26 bits per heavy atom. The minimum atomic E-state index is -0.945. The number of primary amides is 1. The molecule has 3 aromatic rings. The van der Waals surface area contributed by atoms with Crippen molar-refractivity contribution in [2.24, 2.45) is 5.73 Å². The van der Waals surface area contributed by atoms with Crippen LogP contribution in [0.4, 0.5) is 0 Å². The Bertz CT molecular complexity index is 1100. The molecule has 0 saturated heterocycles. The molecule has 2 aromatic carbocycles. The van der Waals surface area contributed by atoms with E-state index in [9.17, 15) is 14.7 Å². The Kier molecular flexibility index (Phi) is 7.75. The number of fused-ring (bicyclic) bond motifs is 1. The topological polar surface area (TPSA) is 94.6 Å². The fourth-order valence-electron chi connectivity index (χ4n) is 3.59. The third kappa shape index (κ3) is 5.47. The quantitative estimate of drug-likeness (QED) is 0.417. The average molecular weight is 508 g/mol. The van der Waals surface area contributed by atoms with Gasteiger partial charge in [0.15, 0.2) is 0 Å². The molecule has 1 aromatic heterocycles. The van der Waals surface area contributed by atoms with E-state index in [2.05, 4.69) is 15.9 Å². The lowest BCUT2D eigenvalue weighted by molar-refractivity contribution is -0.143. The van der Waals surface area contributed by atoms with Gasteiger partial charge in [-0.2, -0.15) is 0 Å². The highest BCUT2D eigenvalue weighted by Crippen LogP contribution is 2.37. The molecule has 31 heavy (non-hydrogen) atoms. The molecule has 8 heteroatoms. The van der Waals surface area contributed by atoms with Crippen LogP contribution >= 0.6 is 27.5 Å². The number of nitrogens with zero attached hydrogens (tertiary/aromatic N) is 1. The molecule has 0 saturated carbocycles. The number of nitrogens with two attached hydrogens (primary N) is 1.